The van der Waals surface area contributed by atoms with Crippen LogP contribution in [0.2, 0.25) is 5.02 Å². The van der Waals surface area contributed by atoms with Crippen molar-refractivity contribution in [2.45, 2.75) is 51.8 Å². The van der Waals surface area contributed by atoms with Gasteiger partial charge in [0.15, 0.2) is 5.69 Å². The van der Waals surface area contributed by atoms with Crippen molar-refractivity contribution < 1.29 is 23.8 Å². The lowest BCUT2D eigenvalue weighted by atomic mass is 10.1. The third kappa shape index (κ3) is 6.03. The van der Waals surface area contributed by atoms with Crippen molar-refractivity contribution in [1.82, 2.24) is 14.9 Å². The molecule has 8 nitrogen and oxygen atoms in total. The molecule has 3 rings (SSSR count). The molecule has 1 saturated heterocycles. The maximum atomic E-state index is 13.8. The SMILES string of the molecule is CC(C)(C)OC(=O)N[C@@H]1CCCN(c2nc(I)c(C(=O)O)n2Cc2cc(F)ccc2Cl)C1. The van der Waals surface area contributed by atoms with Crippen LogP contribution in [0.1, 0.15) is 49.7 Å². The summed E-state index contributed by atoms with van der Waals surface area (Å²) < 4.78 is 21.0. The van der Waals surface area contributed by atoms with E-state index in [2.05, 4.69) is 10.3 Å². The number of amides is 1. The number of halogens is 3. The van der Waals surface area contributed by atoms with Crippen molar-refractivity contribution in [2.75, 3.05) is 18.0 Å². The maximum absolute atomic E-state index is 13.8. The Balaban J connectivity index is 1.88. The largest absolute Gasteiger partial charge is 0.476 e. The number of rotatable bonds is 5. The number of aromatic nitrogens is 2. The number of nitrogens with zero attached hydrogens (tertiary/aromatic N) is 3. The number of carboxylic acids is 1. The standard InChI is InChI=1S/C21H25ClFIN4O4/c1-21(2,3)32-20(31)25-14-5-4-8-27(11-14)19-26-17(24)16(18(29)30)28(19)10-12-9-13(23)6-7-15(12)22/h6-7,9,14H,4-5,8,10-11H2,1-3H3,(H,25,31)(H,29,30)/t14-/m1/s1. The van der Waals surface area contributed by atoms with Crippen molar-refractivity contribution >= 4 is 52.2 Å². The first-order valence-electron chi connectivity index (χ1n) is 10.1. The second kappa shape index (κ2) is 9.82. The topological polar surface area (TPSA) is 96.7 Å². The Morgan fingerprint density at radius 1 is 1.41 bits per heavy atom. The molecule has 1 atom stereocenters. The third-order valence-electron chi connectivity index (χ3n) is 4.87. The molecule has 0 bridgehead atoms. The van der Waals surface area contributed by atoms with Gasteiger partial charge in [0.05, 0.1) is 6.54 Å². The molecule has 11 heteroatoms. The fourth-order valence-electron chi connectivity index (χ4n) is 3.59. The Morgan fingerprint density at radius 3 is 2.78 bits per heavy atom. The number of piperidine rings is 1. The summed E-state index contributed by atoms with van der Waals surface area (Å²) in [6.07, 6.45) is 1.03. The summed E-state index contributed by atoms with van der Waals surface area (Å²) in [4.78, 5) is 30.6. The van der Waals surface area contributed by atoms with Gasteiger partial charge in [-0.05, 0) is 80.0 Å². The summed E-state index contributed by atoms with van der Waals surface area (Å²) >= 11 is 8.11. The van der Waals surface area contributed by atoms with Crippen LogP contribution >= 0.6 is 34.2 Å². The molecule has 0 aliphatic carbocycles. The van der Waals surface area contributed by atoms with Crippen molar-refractivity contribution in [1.29, 1.82) is 0 Å². The minimum Gasteiger partial charge on any atom is -0.476 e. The van der Waals surface area contributed by atoms with Gasteiger partial charge in [-0.25, -0.2) is 19.0 Å². The van der Waals surface area contributed by atoms with Gasteiger partial charge in [-0.1, -0.05) is 11.6 Å². The highest BCUT2D eigenvalue weighted by Crippen LogP contribution is 2.28. The van der Waals surface area contributed by atoms with Crippen molar-refractivity contribution in [3.8, 4) is 0 Å². The molecule has 1 aliphatic heterocycles. The maximum Gasteiger partial charge on any atom is 0.407 e. The van der Waals surface area contributed by atoms with Gasteiger partial charge in [-0.15, -0.1) is 0 Å². The molecule has 1 amide bonds. The molecule has 2 N–H and O–H groups in total. The Labute approximate surface area is 204 Å². The van der Waals surface area contributed by atoms with Crippen molar-refractivity contribution in [3.63, 3.8) is 0 Å². The molecule has 174 valence electrons. The Kier molecular flexibility index (Phi) is 7.53. The zero-order chi connectivity index (χ0) is 23.6. The van der Waals surface area contributed by atoms with Crippen LogP contribution in [-0.2, 0) is 11.3 Å². The Hall–Kier alpha value is -2.08. The van der Waals surface area contributed by atoms with Crippen LogP contribution in [0.4, 0.5) is 15.1 Å². The fourth-order valence-corrected chi connectivity index (χ4v) is 4.51. The molecule has 2 heterocycles. The second-order valence-corrected chi connectivity index (χ2v) is 10.0. The van der Waals surface area contributed by atoms with E-state index in [1.165, 1.54) is 22.8 Å². The third-order valence-corrected chi connectivity index (χ3v) is 5.99. The summed E-state index contributed by atoms with van der Waals surface area (Å²) in [5.41, 5.74) is -0.154. The molecule has 1 aliphatic rings. The average Bonchev–Trinajstić information content (AvgIpc) is 2.99. The monoisotopic (exact) mass is 578 g/mol. The van der Waals surface area contributed by atoms with Crippen molar-refractivity contribution in [2.24, 2.45) is 0 Å². The first-order chi connectivity index (χ1) is 14.9. The van der Waals surface area contributed by atoms with E-state index in [1.54, 1.807) is 20.8 Å². The number of benzene rings is 1. The molecule has 1 aromatic heterocycles. The lowest BCUT2D eigenvalue weighted by molar-refractivity contribution is 0.0499. The highest BCUT2D eigenvalue weighted by molar-refractivity contribution is 14.1. The highest BCUT2D eigenvalue weighted by atomic mass is 127. The number of aromatic carboxylic acids is 1. The number of anilines is 1. The molecule has 2 aromatic rings. The molecule has 1 aromatic carbocycles. The molecule has 0 radical (unpaired) electrons. The zero-order valence-electron chi connectivity index (χ0n) is 18.0. The minimum absolute atomic E-state index is 0.00292. The van der Waals surface area contributed by atoms with E-state index in [4.69, 9.17) is 16.3 Å². The lowest BCUT2D eigenvalue weighted by Gasteiger charge is -2.34. The van der Waals surface area contributed by atoms with E-state index in [0.717, 1.165) is 12.8 Å². The molecule has 0 saturated carbocycles. The van der Waals surface area contributed by atoms with E-state index in [9.17, 15) is 19.1 Å². The van der Waals surface area contributed by atoms with E-state index in [1.807, 2.05) is 27.5 Å². The van der Waals surface area contributed by atoms with Crippen molar-refractivity contribution in [3.05, 3.63) is 44.0 Å². The van der Waals surface area contributed by atoms with E-state index >= 15 is 0 Å². The van der Waals surface area contributed by atoms with Crippen LogP contribution in [0, 0.1) is 9.52 Å². The Bertz CT molecular complexity index is 1020. The predicted molar refractivity (Wildman–Crippen MR) is 127 cm³/mol. The number of carbonyl (C=O) groups is 2. The number of carboxylic acid groups (broad SMARTS) is 1. The van der Waals surface area contributed by atoms with Gasteiger partial charge in [0.1, 0.15) is 15.1 Å². The summed E-state index contributed by atoms with van der Waals surface area (Å²) in [5, 5.41) is 13.0. The number of nitrogens with one attached hydrogen (secondary N) is 1. The first-order valence-corrected chi connectivity index (χ1v) is 11.6. The van der Waals surface area contributed by atoms with Gasteiger partial charge in [-0.2, -0.15) is 0 Å². The molecular formula is C21H25ClFIN4O4. The minimum atomic E-state index is -1.14. The van der Waals surface area contributed by atoms with Crippen LogP contribution in [0.3, 0.4) is 0 Å². The van der Waals surface area contributed by atoms with Gasteiger partial charge in [-0.3, -0.25) is 4.57 Å². The Morgan fingerprint density at radius 2 is 2.12 bits per heavy atom. The first kappa shape index (κ1) is 24.6. The van der Waals surface area contributed by atoms with Gasteiger partial charge in [0, 0.05) is 24.2 Å². The second-order valence-electron chi connectivity index (χ2n) is 8.61. The fraction of sp³-hybridized carbons (Fsp3) is 0.476. The quantitative estimate of drug-likeness (QED) is 0.507. The van der Waals surface area contributed by atoms with Crippen LogP contribution < -0.4 is 10.2 Å². The van der Waals surface area contributed by atoms with Gasteiger partial charge in [0.25, 0.3) is 0 Å². The summed E-state index contributed by atoms with van der Waals surface area (Å²) in [6.45, 7) is 6.50. The number of hydrogen-bond acceptors (Lipinski definition) is 5. The summed E-state index contributed by atoms with van der Waals surface area (Å²) in [5.74, 6) is -1.17. The predicted octanol–water partition coefficient (Wildman–Crippen LogP) is 4.52. The number of carbonyl (C=O) groups excluding carboxylic acids is 1. The molecule has 1 fully saturated rings. The normalized spacial score (nSPS) is 16.7. The van der Waals surface area contributed by atoms with Crippen LogP contribution in [0.25, 0.3) is 0 Å². The van der Waals surface area contributed by atoms with E-state index in [-0.39, 0.29) is 18.3 Å². The molecule has 0 unspecified atom stereocenters. The lowest BCUT2D eigenvalue weighted by Crippen LogP contribution is -2.49. The number of alkyl carbamates (subject to hydrolysis) is 1. The van der Waals surface area contributed by atoms with E-state index in [0.29, 0.717) is 33.3 Å². The number of imidazole rings is 1. The smallest absolute Gasteiger partial charge is 0.407 e. The van der Waals surface area contributed by atoms with Crippen LogP contribution in [0.5, 0.6) is 0 Å². The summed E-state index contributed by atoms with van der Waals surface area (Å²) in [6, 6.07) is 3.79. The highest BCUT2D eigenvalue weighted by Gasteiger charge is 2.30. The molecule has 0 spiro atoms. The molecule has 32 heavy (non-hydrogen) atoms. The van der Waals surface area contributed by atoms with Crippen LogP contribution in [-0.4, -0.2) is 51.5 Å². The number of ether oxygens (including phenoxy) is 1. The number of hydrogen-bond donors (Lipinski definition) is 2. The molecular weight excluding hydrogens is 554 g/mol. The van der Waals surface area contributed by atoms with Gasteiger partial charge >= 0.3 is 12.1 Å². The van der Waals surface area contributed by atoms with Crippen LogP contribution in [0.15, 0.2) is 18.2 Å². The average molecular weight is 579 g/mol. The van der Waals surface area contributed by atoms with E-state index < -0.39 is 23.5 Å². The van der Waals surface area contributed by atoms with Gasteiger partial charge in [0.2, 0.25) is 5.95 Å². The zero-order valence-corrected chi connectivity index (χ0v) is 20.9. The van der Waals surface area contributed by atoms with Gasteiger partial charge < -0.3 is 20.1 Å². The summed E-state index contributed by atoms with van der Waals surface area (Å²) in [7, 11) is 0.